The third-order valence-corrected chi connectivity index (χ3v) is 6.00. The Morgan fingerprint density at radius 1 is 0.840 bits per heavy atom. The Morgan fingerprint density at radius 3 is 1.72 bits per heavy atom. The number of hydrogen-bond acceptors (Lipinski definition) is 4. The van der Waals surface area contributed by atoms with Crippen LogP contribution in [0.15, 0.2) is 0 Å². The van der Waals surface area contributed by atoms with Gasteiger partial charge in [-0.3, -0.25) is 9.35 Å². The molecule has 0 heterocycles. The van der Waals surface area contributed by atoms with E-state index in [1.165, 1.54) is 26.4 Å². The molecule has 150 valence electrons. The second-order valence-corrected chi connectivity index (χ2v) is 8.63. The van der Waals surface area contributed by atoms with E-state index in [2.05, 4.69) is 11.7 Å². The Bertz CT molecular complexity index is 420. The van der Waals surface area contributed by atoms with Crippen LogP contribution in [0.25, 0.3) is 0 Å². The van der Waals surface area contributed by atoms with Crippen LogP contribution in [0.4, 0.5) is 0 Å². The standard InChI is InChI=1S/C19H38O5S/c1-3-4-5-6-9-12-15-18(25(21,22)23)16-13-10-7-8-11-14-17-19(20)24-2/h18H,3-17H2,1-2H3,(H,21,22,23). The van der Waals surface area contributed by atoms with Crippen molar-refractivity contribution in [2.24, 2.45) is 0 Å². The zero-order chi connectivity index (χ0) is 19.0. The van der Waals surface area contributed by atoms with Gasteiger partial charge in [0.2, 0.25) is 0 Å². The molecule has 0 rings (SSSR count). The molecule has 0 aromatic carbocycles. The first-order valence-corrected chi connectivity index (χ1v) is 11.4. The predicted octanol–water partition coefficient (Wildman–Crippen LogP) is 5.29. The van der Waals surface area contributed by atoms with E-state index in [0.717, 1.165) is 57.8 Å². The summed E-state index contributed by atoms with van der Waals surface area (Å²) in [5.41, 5.74) is 0. The summed E-state index contributed by atoms with van der Waals surface area (Å²) < 4.78 is 37.0. The number of ether oxygens (including phenoxy) is 1. The summed E-state index contributed by atoms with van der Waals surface area (Å²) in [4.78, 5) is 11.0. The summed E-state index contributed by atoms with van der Waals surface area (Å²) in [5.74, 6) is -0.161. The molecular formula is C19H38O5S. The highest BCUT2D eigenvalue weighted by Crippen LogP contribution is 2.19. The minimum Gasteiger partial charge on any atom is -0.469 e. The van der Waals surface area contributed by atoms with Crippen LogP contribution in [0.5, 0.6) is 0 Å². The summed E-state index contributed by atoms with van der Waals surface area (Å²) in [7, 11) is -2.53. The van der Waals surface area contributed by atoms with Crippen molar-refractivity contribution in [2.45, 2.75) is 108 Å². The lowest BCUT2D eigenvalue weighted by Gasteiger charge is -2.13. The maximum Gasteiger partial charge on any atom is 0.305 e. The van der Waals surface area contributed by atoms with Gasteiger partial charge in [-0.05, 0) is 19.3 Å². The normalized spacial score (nSPS) is 12.9. The number of hydrogen-bond donors (Lipinski definition) is 1. The third-order valence-electron chi connectivity index (χ3n) is 4.69. The fourth-order valence-electron chi connectivity index (χ4n) is 3.05. The van der Waals surface area contributed by atoms with Gasteiger partial charge in [0.1, 0.15) is 0 Å². The summed E-state index contributed by atoms with van der Waals surface area (Å²) >= 11 is 0. The first kappa shape index (κ1) is 24.4. The van der Waals surface area contributed by atoms with E-state index < -0.39 is 15.4 Å². The third kappa shape index (κ3) is 15.4. The summed E-state index contributed by atoms with van der Waals surface area (Å²) in [5, 5.41) is -0.599. The SMILES string of the molecule is CCCCCCCCC(CCCCCCCCC(=O)OC)S(=O)(=O)O. The van der Waals surface area contributed by atoms with Crippen LogP contribution in [0.2, 0.25) is 0 Å². The monoisotopic (exact) mass is 378 g/mol. The fourth-order valence-corrected chi connectivity index (χ4v) is 3.97. The molecule has 6 heteroatoms. The molecule has 0 fully saturated rings. The molecule has 0 saturated carbocycles. The van der Waals surface area contributed by atoms with Gasteiger partial charge in [-0.15, -0.1) is 0 Å². The van der Waals surface area contributed by atoms with Crippen molar-refractivity contribution >= 4 is 16.1 Å². The number of unbranched alkanes of at least 4 members (excludes halogenated alkanes) is 10. The molecule has 5 nitrogen and oxygen atoms in total. The molecule has 1 atom stereocenters. The average molecular weight is 379 g/mol. The van der Waals surface area contributed by atoms with E-state index in [0.29, 0.717) is 19.3 Å². The molecule has 0 radical (unpaired) electrons. The molecule has 1 N–H and O–H groups in total. The highest BCUT2D eigenvalue weighted by atomic mass is 32.2. The van der Waals surface area contributed by atoms with Crippen LogP contribution in [0.3, 0.4) is 0 Å². The van der Waals surface area contributed by atoms with Gasteiger partial charge in [-0.1, -0.05) is 77.6 Å². The molecule has 0 amide bonds. The molecule has 0 bridgehead atoms. The van der Waals surface area contributed by atoms with Gasteiger partial charge in [0.15, 0.2) is 0 Å². The lowest BCUT2D eigenvalue weighted by atomic mass is 10.0. The van der Waals surface area contributed by atoms with Crippen LogP contribution in [-0.4, -0.2) is 31.3 Å². The van der Waals surface area contributed by atoms with Gasteiger partial charge in [0.05, 0.1) is 12.4 Å². The van der Waals surface area contributed by atoms with Gasteiger partial charge in [0.25, 0.3) is 10.1 Å². The van der Waals surface area contributed by atoms with Crippen molar-refractivity contribution in [3.8, 4) is 0 Å². The van der Waals surface area contributed by atoms with Crippen molar-refractivity contribution in [3.05, 3.63) is 0 Å². The first-order valence-electron chi connectivity index (χ1n) is 9.95. The van der Waals surface area contributed by atoms with Crippen LogP contribution in [-0.2, 0) is 19.6 Å². The van der Waals surface area contributed by atoms with Gasteiger partial charge in [-0.2, -0.15) is 8.42 Å². The second-order valence-electron chi connectivity index (χ2n) is 6.93. The Hall–Kier alpha value is -0.620. The Labute approximate surface area is 154 Å². The van der Waals surface area contributed by atoms with E-state index in [-0.39, 0.29) is 5.97 Å². The maximum atomic E-state index is 11.5. The first-order chi connectivity index (χ1) is 11.9. The zero-order valence-electron chi connectivity index (χ0n) is 16.2. The van der Waals surface area contributed by atoms with Crippen molar-refractivity contribution < 1.29 is 22.5 Å². The molecule has 0 spiro atoms. The van der Waals surface area contributed by atoms with Gasteiger partial charge >= 0.3 is 5.97 Å². The summed E-state index contributed by atoms with van der Waals surface area (Å²) in [6.45, 7) is 2.17. The van der Waals surface area contributed by atoms with Crippen LogP contribution in [0.1, 0.15) is 103 Å². The molecule has 0 aliphatic heterocycles. The predicted molar refractivity (Wildman–Crippen MR) is 102 cm³/mol. The molecular weight excluding hydrogens is 340 g/mol. The van der Waals surface area contributed by atoms with E-state index in [9.17, 15) is 17.8 Å². The van der Waals surface area contributed by atoms with Crippen molar-refractivity contribution in [3.63, 3.8) is 0 Å². The van der Waals surface area contributed by atoms with Gasteiger partial charge in [-0.25, -0.2) is 0 Å². The number of esters is 1. The summed E-state index contributed by atoms with van der Waals surface area (Å²) in [6, 6.07) is 0. The molecule has 0 saturated heterocycles. The van der Waals surface area contributed by atoms with Crippen molar-refractivity contribution in [1.82, 2.24) is 0 Å². The zero-order valence-corrected chi connectivity index (χ0v) is 17.0. The quantitative estimate of drug-likeness (QED) is 0.211. The number of carbonyl (C=O) groups excluding carboxylic acids is 1. The highest BCUT2D eigenvalue weighted by Gasteiger charge is 2.21. The van der Waals surface area contributed by atoms with E-state index in [1.54, 1.807) is 0 Å². The Kier molecular flexibility index (Phi) is 15.2. The van der Waals surface area contributed by atoms with Crippen LogP contribution in [0, 0.1) is 0 Å². The highest BCUT2D eigenvalue weighted by molar-refractivity contribution is 7.86. The number of carbonyl (C=O) groups is 1. The van der Waals surface area contributed by atoms with E-state index >= 15 is 0 Å². The largest absolute Gasteiger partial charge is 0.469 e. The Morgan fingerprint density at radius 2 is 1.28 bits per heavy atom. The van der Waals surface area contributed by atoms with Gasteiger partial charge in [0, 0.05) is 6.42 Å². The van der Waals surface area contributed by atoms with Gasteiger partial charge < -0.3 is 4.74 Å². The van der Waals surface area contributed by atoms with E-state index in [4.69, 9.17) is 0 Å². The molecule has 25 heavy (non-hydrogen) atoms. The topological polar surface area (TPSA) is 80.7 Å². The molecule has 0 aliphatic rings. The smallest absolute Gasteiger partial charge is 0.305 e. The molecule has 1 unspecified atom stereocenters. The lowest BCUT2D eigenvalue weighted by Crippen LogP contribution is -2.20. The second kappa shape index (κ2) is 15.6. The molecule has 0 aliphatic carbocycles. The molecule has 0 aromatic heterocycles. The molecule has 0 aromatic rings. The van der Waals surface area contributed by atoms with Crippen molar-refractivity contribution in [2.75, 3.05) is 7.11 Å². The van der Waals surface area contributed by atoms with Crippen LogP contribution >= 0.6 is 0 Å². The lowest BCUT2D eigenvalue weighted by molar-refractivity contribution is -0.140. The maximum absolute atomic E-state index is 11.5. The van der Waals surface area contributed by atoms with E-state index in [1.807, 2.05) is 0 Å². The summed E-state index contributed by atoms with van der Waals surface area (Å²) in [6.07, 6.45) is 14.1. The number of methoxy groups -OCH3 is 1. The average Bonchev–Trinajstić information content (AvgIpc) is 2.56. The van der Waals surface area contributed by atoms with Crippen LogP contribution < -0.4 is 0 Å². The minimum absolute atomic E-state index is 0.161. The Balaban J connectivity index is 3.74. The fraction of sp³-hybridized carbons (Fsp3) is 0.947. The minimum atomic E-state index is -3.93. The van der Waals surface area contributed by atoms with Crippen molar-refractivity contribution in [1.29, 1.82) is 0 Å². The number of rotatable bonds is 17.